The van der Waals surface area contributed by atoms with Gasteiger partial charge in [0.2, 0.25) is 11.8 Å². The molecule has 1 N–H and O–H groups in total. The third kappa shape index (κ3) is 8.81. The molecule has 0 saturated carbocycles. The molecule has 0 aliphatic rings. The molecule has 2 amide bonds. The first-order valence-corrected chi connectivity index (χ1v) is 16.8. The molecule has 0 unspecified atom stereocenters. The molecule has 3 rings (SSSR count). The predicted molar refractivity (Wildman–Crippen MR) is 179 cm³/mol. The second-order valence-electron chi connectivity index (χ2n) is 10.9. The highest BCUT2D eigenvalue weighted by Crippen LogP contribution is 2.36. The maximum Gasteiger partial charge on any atom is 0.273 e. The Kier molecular flexibility index (Phi) is 12.7. The topological polar surface area (TPSA) is 139 Å². The van der Waals surface area contributed by atoms with Gasteiger partial charge in [-0.15, -0.1) is 0 Å². The number of amides is 2. The number of nitrogens with zero attached hydrogens (tertiary/aromatic N) is 3. The molecule has 15 heteroatoms. The number of halogens is 3. The van der Waals surface area contributed by atoms with E-state index < -0.39 is 49.9 Å². The van der Waals surface area contributed by atoms with Crippen LogP contribution in [0.1, 0.15) is 38.3 Å². The van der Waals surface area contributed by atoms with Crippen molar-refractivity contribution >= 4 is 68.0 Å². The number of anilines is 1. The molecule has 0 fully saturated rings. The monoisotopic (exact) mass is 712 g/mol. The zero-order valence-electron chi connectivity index (χ0n) is 25.9. The number of aryl methyl sites for hydroxylation is 1. The van der Waals surface area contributed by atoms with Gasteiger partial charge in [-0.1, -0.05) is 67.7 Å². The van der Waals surface area contributed by atoms with Crippen LogP contribution in [0.2, 0.25) is 15.1 Å². The van der Waals surface area contributed by atoms with Gasteiger partial charge in [-0.3, -0.25) is 24.0 Å². The second-order valence-corrected chi connectivity index (χ2v) is 14.0. The highest BCUT2D eigenvalue weighted by Gasteiger charge is 2.35. The molecule has 11 nitrogen and oxygen atoms in total. The van der Waals surface area contributed by atoms with Gasteiger partial charge in [0.1, 0.15) is 18.3 Å². The van der Waals surface area contributed by atoms with Crippen LogP contribution < -0.4 is 14.4 Å². The molecular weight excluding hydrogens is 679 g/mol. The van der Waals surface area contributed by atoms with Crippen LogP contribution in [0.15, 0.2) is 59.5 Å². The van der Waals surface area contributed by atoms with Crippen LogP contribution >= 0.6 is 34.8 Å². The maximum absolute atomic E-state index is 14.3. The molecule has 248 valence electrons. The summed E-state index contributed by atoms with van der Waals surface area (Å²) in [4.78, 5) is 39.5. The first-order chi connectivity index (χ1) is 21.6. The Labute approximate surface area is 283 Å². The fourth-order valence-electron chi connectivity index (χ4n) is 4.62. The van der Waals surface area contributed by atoms with Crippen molar-refractivity contribution in [2.24, 2.45) is 5.92 Å². The fraction of sp³-hybridized carbons (Fsp3) is 0.355. The molecule has 0 heterocycles. The minimum atomic E-state index is -4.66. The molecule has 3 aromatic carbocycles. The maximum atomic E-state index is 14.3. The molecule has 0 aliphatic carbocycles. The molecule has 0 aliphatic heterocycles. The summed E-state index contributed by atoms with van der Waals surface area (Å²) in [6.07, 6.45) is 0.203. The van der Waals surface area contributed by atoms with Crippen molar-refractivity contribution in [3.8, 4) is 5.75 Å². The lowest BCUT2D eigenvalue weighted by Gasteiger charge is -2.33. The molecule has 3 aromatic rings. The van der Waals surface area contributed by atoms with Crippen molar-refractivity contribution in [3.63, 3.8) is 0 Å². The van der Waals surface area contributed by atoms with Crippen LogP contribution in [0.25, 0.3) is 0 Å². The van der Waals surface area contributed by atoms with Gasteiger partial charge in [-0.25, -0.2) is 8.42 Å². The van der Waals surface area contributed by atoms with Crippen LogP contribution in [-0.4, -0.2) is 56.3 Å². The third-order valence-electron chi connectivity index (χ3n) is 7.06. The number of carbonyl (C=O) groups is 2. The molecule has 0 bridgehead atoms. The summed E-state index contributed by atoms with van der Waals surface area (Å²) < 4.78 is 34.7. The van der Waals surface area contributed by atoms with Crippen molar-refractivity contribution in [2.45, 2.75) is 51.6 Å². The van der Waals surface area contributed by atoms with Crippen LogP contribution in [0.3, 0.4) is 0 Å². The number of nitro benzene ring substituents is 1. The number of carbonyl (C=O) groups excluding carboxylic acids is 2. The molecule has 0 saturated heterocycles. The Balaban J connectivity index is 2.19. The summed E-state index contributed by atoms with van der Waals surface area (Å²) in [7, 11) is -3.34. The lowest BCUT2D eigenvalue weighted by molar-refractivity contribution is -0.385. The Hall–Kier alpha value is -3.58. The highest BCUT2D eigenvalue weighted by molar-refractivity contribution is 7.92. The average molecular weight is 714 g/mol. The van der Waals surface area contributed by atoms with E-state index in [2.05, 4.69) is 5.32 Å². The minimum absolute atomic E-state index is 0.0696. The van der Waals surface area contributed by atoms with E-state index in [0.29, 0.717) is 17.1 Å². The van der Waals surface area contributed by atoms with Crippen molar-refractivity contribution in [2.75, 3.05) is 24.5 Å². The van der Waals surface area contributed by atoms with Gasteiger partial charge in [0, 0.05) is 29.7 Å². The zero-order valence-corrected chi connectivity index (χ0v) is 29.0. The van der Waals surface area contributed by atoms with Crippen molar-refractivity contribution < 1.29 is 27.7 Å². The van der Waals surface area contributed by atoms with E-state index in [-0.39, 0.29) is 45.9 Å². The van der Waals surface area contributed by atoms with E-state index in [1.807, 2.05) is 13.8 Å². The van der Waals surface area contributed by atoms with Gasteiger partial charge in [-0.05, 0) is 61.2 Å². The van der Waals surface area contributed by atoms with Crippen molar-refractivity contribution in [3.05, 3.63) is 90.9 Å². The van der Waals surface area contributed by atoms with E-state index in [9.17, 15) is 28.1 Å². The van der Waals surface area contributed by atoms with Crippen LogP contribution in [0, 0.1) is 23.0 Å². The molecule has 0 aromatic heterocycles. The van der Waals surface area contributed by atoms with E-state index in [1.54, 1.807) is 25.1 Å². The quantitative estimate of drug-likeness (QED) is 0.146. The normalized spacial score (nSPS) is 12.0. The summed E-state index contributed by atoms with van der Waals surface area (Å²) in [6, 6.07) is 11.4. The Morgan fingerprint density at radius 3 is 2.30 bits per heavy atom. The van der Waals surface area contributed by atoms with E-state index in [4.69, 9.17) is 39.5 Å². The Bertz CT molecular complexity index is 1720. The summed E-state index contributed by atoms with van der Waals surface area (Å²) in [6.45, 7) is 6.50. The molecular formula is C31H35Cl3N4O7S. The smallest absolute Gasteiger partial charge is 0.273 e. The number of rotatable bonds is 14. The van der Waals surface area contributed by atoms with Crippen LogP contribution in [0.5, 0.6) is 5.75 Å². The van der Waals surface area contributed by atoms with Crippen LogP contribution in [-0.2, 0) is 26.2 Å². The summed E-state index contributed by atoms with van der Waals surface area (Å²) >= 11 is 18.6. The van der Waals surface area contributed by atoms with Gasteiger partial charge >= 0.3 is 0 Å². The van der Waals surface area contributed by atoms with Crippen molar-refractivity contribution in [1.29, 1.82) is 0 Å². The lowest BCUT2D eigenvalue weighted by Crippen LogP contribution is -2.52. The zero-order chi connectivity index (χ0) is 34.3. The van der Waals surface area contributed by atoms with Crippen LogP contribution in [0.4, 0.5) is 11.4 Å². The highest BCUT2D eigenvalue weighted by atomic mass is 35.5. The number of ether oxygens (including phenoxy) is 1. The van der Waals surface area contributed by atoms with Gasteiger partial charge in [0.15, 0.2) is 0 Å². The number of hydrogen-bond donors (Lipinski definition) is 1. The summed E-state index contributed by atoms with van der Waals surface area (Å²) in [5.41, 5.74) is 0.289. The third-order valence-corrected chi connectivity index (χ3v) is 9.79. The number of methoxy groups -OCH3 is 1. The molecule has 0 spiro atoms. The van der Waals surface area contributed by atoms with Gasteiger partial charge in [0.25, 0.3) is 15.7 Å². The summed E-state index contributed by atoms with van der Waals surface area (Å²) in [5, 5.41) is 15.2. The lowest BCUT2D eigenvalue weighted by atomic mass is 10.1. The fourth-order valence-corrected chi connectivity index (χ4v) is 6.55. The van der Waals surface area contributed by atoms with E-state index in [0.717, 1.165) is 10.4 Å². The number of sulfonamides is 1. The van der Waals surface area contributed by atoms with Crippen molar-refractivity contribution in [1.82, 2.24) is 10.2 Å². The number of nitro groups is 1. The van der Waals surface area contributed by atoms with Gasteiger partial charge < -0.3 is 15.0 Å². The van der Waals surface area contributed by atoms with E-state index in [1.165, 1.54) is 49.3 Å². The van der Waals surface area contributed by atoms with E-state index >= 15 is 0 Å². The number of nitrogens with one attached hydrogen (secondary N) is 1. The Morgan fingerprint density at radius 1 is 1.02 bits per heavy atom. The van der Waals surface area contributed by atoms with Gasteiger partial charge in [-0.2, -0.15) is 0 Å². The first kappa shape index (κ1) is 36.9. The number of hydrogen-bond acceptors (Lipinski definition) is 7. The molecule has 0 radical (unpaired) electrons. The first-order valence-electron chi connectivity index (χ1n) is 14.2. The molecule has 46 heavy (non-hydrogen) atoms. The Morgan fingerprint density at radius 2 is 1.72 bits per heavy atom. The largest absolute Gasteiger partial charge is 0.495 e. The standard InChI is InChI=1S/C31H35Cl3N4O7S/c1-6-26(31(40)35-16-19(2)3)36(17-21-8-11-24(33)25(34)13-21)30(39)18-37(28-14-22(32)9-12-29(28)45-5)46(43,44)23-10-7-20(4)27(15-23)38(41)42/h7-15,19,26H,6,16-18H2,1-5H3,(H,35,40)/t26-/m1/s1. The summed E-state index contributed by atoms with van der Waals surface area (Å²) in [5.74, 6) is -0.964. The second kappa shape index (κ2) is 15.8. The average Bonchev–Trinajstić information content (AvgIpc) is 3.00. The minimum Gasteiger partial charge on any atom is -0.495 e. The number of benzene rings is 3. The van der Waals surface area contributed by atoms with Gasteiger partial charge in [0.05, 0.1) is 32.7 Å². The molecule has 1 atom stereocenters. The SMILES string of the molecule is CC[C@H](C(=O)NCC(C)C)N(Cc1ccc(Cl)c(Cl)c1)C(=O)CN(c1cc(Cl)ccc1OC)S(=O)(=O)c1ccc(C)c([N+](=O)[O-])c1. The predicted octanol–water partition coefficient (Wildman–Crippen LogP) is 6.65.